The Morgan fingerprint density at radius 3 is 2.33 bits per heavy atom. The average molecular weight is 253 g/mol. The predicted octanol–water partition coefficient (Wildman–Crippen LogP) is 3.71. The van der Waals surface area contributed by atoms with Gasteiger partial charge in [-0.3, -0.25) is 4.79 Å². The number of nitrogens with two attached hydrogens (primary N) is 1. The van der Waals surface area contributed by atoms with Crippen LogP contribution in [-0.4, -0.2) is 5.78 Å². The average Bonchev–Trinajstić information content (AvgIpc) is 2.77. The van der Waals surface area contributed by atoms with E-state index in [4.69, 9.17) is 5.73 Å². The normalized spacial score (nSPS) is 10.7. The standard InChI is InChI=1S/C15H11NOS/c16-13-11-8-4-5-9-12(11)18-15(13)14(17)10-6-2-1-3-7-10/h1-9H,16H2. The number of hydrogen-bond acceptors (Lipinski definition) is 3. The zero-order valence-corrected chi connectivity index (χ0v) is 10.4. The fourth-order valence-electron chi connectivity index (χ4n) is 1.95. The Labute approximate surface area is 109 Å². The van der Waals surface area contributed by atoms with Crippen LogP contribution in [0.15, 0.2) is 54.6 Å². The van der Waals surface area contributed by atoms with Gasteiger partial charge >= 0.3 is 0 Å². The number of carbonyl (C=O) groups excluding carboxylic acids is 1. The molecule has 0 unspecified atom stereocenters. The number of ketones is 1. The van der Waals surface area contributed by atoms with Crippen molar-refractivity contribution in [2.24, 2.45) is 0 Å². The van der Waals surface area contributed by atoms with E-state index in [9.17, 15) is 4.79 Å². The summed E-state index contributed by atoms with van der Waals surface area (Å²) in [6.45, 7) is 0. The van der Waals surface area contributed by atoms with Crippen LogP contribution < -0.4 is 5.73 Å². The maximum atomic E-state index is 12.4. The summed E-state index contributed by atoms with van der Waals surface area (Å²) in [4.78, 5) is 13.0. The number of carbonyl (C=O) groups is 1. The van der Waals surface area contributed by atoms with Crippen LogP contribution >= 0.6 is 11.3 Å². The van der Waals surface area contributed by atoms with Crippen LogP contribution in [0.2, 0.25) is 0 Å². The van der Waals surface area contributed by atoms with E-state index < -0.39 is 0 Å². The van der Waals surface area contributed by atoms with Crippen LogP contribution in [0.25, 0.3) is 10.1 Å². The summed E-state index contributed by atoms with van der Waals surface area (Å²) in [6.07, 6.45) is 0. The van der Waals surface area contributed by atoms with Crippen molar-refractivity contribution in [3.05, 3.63) is 65.0 Å². The van der Waals surface area contributed by atoms with Gasteiger partial charge in [-0.1, -0.05) is 48.5 Å². The largest absolute Gasteiger partial charge is 0.397 e. The van der Waals surface area contributed by atoms with E-state index in [-0.39, 0.29) is 5.78 Å². The highest BCUT2D eigenvalue weighted by Gasteiger charge is 2.17. The van der Waals surface area contributed by atoms with E-state index in [0.717, 1.165) is 10.1 Å². The molecule has 3 heteroatoms. The lowest BCUT2D eigenvalue weighted by Crippen LogP contribution is -2.01. The monoisotopic (exact) mass is 253 g/mol. The maximum Gasteiger partial charge on any atom is 0.205 e. The minimum Gasteiger partial charge on any atom is -0.397 e. The Hall–Kier alpha value is -2.13. The molecule has 0 bridgehead atoms. The first-order valence-electron chi connectivity index (χ1n) is 5.64. The lowest BCUT2D eigenvalue weighted by Gasteiger charge is -1.99. The number of hydrogen-bond donors (Lipinski definition) is 1. The van der Waals surface area contributed by atoms with Crippen LogP contribution in [0.3, 0.4) is 0 Å². The highest BCUT2D eigenvalue weighted by atomic mass is 32.1. The van der Waals surface area contributed by atoms with Gasteiger partial charge in [-0.25, -0.2) is 0 Å². The quantitative estimate of drug-likeness (QED) is 0.707. The third-order valence-corrected chi connectivity index (χ3v) is 4.06. The number of rotatable bonds is 2. The van der Waals surface area contributed by atoms with Gasteiger partial charge in [0.05, 0.1) is 10.6 Å². The smallest absolute Gasteiger partial charge is 0.205 e. The fraction of sp³-hybridized carbons (Fsp3) is 0. The van der Waals surface area contributed by atoms with Crippen molar-refractivity contribution >= 4 is 32.9 Å². The molecule has 1 heterocycles. The molecule has 3 aromatic rings. The van der Waals surface area contributed by atoms with E-state index in [1.165, 1.54) is 11.3 Å². The first-order valence-corrected chi connectivity index (χ1v) is 6.46. The first kappa shape index (κ1) is 11.0. The minimum atomic E-state index is -0.00528. The molecule has 2 N–H and O–H groups in total. The van der Waals surface area contributed by atoms with Gasteiger partial charge in [0.25, 0.3) is 0 Å². The van der Waals surface area contributed by atoms with Crippen LogP contribution in [0, 0.1) is 0 Å². The molecule has 0 fully saturated rings. The molecule has 0 aliphatic heterocycles. The first-order chi connectivity index (χ1) is 8.77. The van der Waals surface area contributed by atoms with Gasteiger partial charge in [0.2, 0.25) is 5.78 Å². The van der Waals surface area contributed by atoms with E-state index in [1.54, 1.807) is 0 Å². The molecule has 2 aromatic carbocycles. The number of anilines is 1. The molecular formula is C15H11NOS. The van der Waals surface area contributed by atoms with Crippen molar-refractivity contribution < 1.29 is 4.79 Å². The molecule has 0 atom stereocenters. The Morgan fingerprint density at radius 1 is 0.944 bits per heavy atom. The van der Waals surface area contributed by atoms with Crippen molar-refractivity contribution in [1.29, 1.82) is 0 Å². The number of nitrogen functional groups attached to an aromatic ring is 1. The summed E-state index contributed by atoms with van der Waals surface area (Å²) in [7, 11) is 0. The van der Waals surface area contributed by atoms with Crippen molar-refractivity contribution in [3.8, 4) is 0 Å². The lowest BCUT2D eigenvalue weighted by molar-refractivity contribution is 0.104. The molecule has 88 valence electrons. The van der Waals surface area contributed by atoms with E-state index >= 15 is 0 Å². The number of benzene rings is 2. The third-order valence-electron chi connectivity index (χ3n) is 2.88. The molecule has 0 aliphatic rings. The summed E-state index contributed by atoms with van der Waals surface area (Å²) in [5, 5.41) is 0.960. The Balaban J connectivity index is 2.15. The summed E-state index contributed by atoms with van der Waals surface area (Å²) in [6, 6.07) is 17.1. The molecule has 0 amide bonds. The molecule has 3 rings (SSSR count). The van der Waals surface area contributed by atoms with Crippen molar-refractivity contribution in [2.75, 3.05) is 5.73 Å². The zero-order chi connectivity index (χ0) is 12.5. The van der Waals surface area contributed by atoms with Crippen LogP contribution in [-0.2, 0) is 0 Å². The van der Waals surface area contributed by atoms with E-state index in [1.807, 2.05) is 54.6 Å². The van der Waals surface area contributed by atoms with E-state index in [2.05, 4.69) is 0 Å². The van der Waals surface area contributed by atoms with Crippen LogP contribution in [0.5, 0.6) is 0 Å². The Kier molecular flexibility index (Phi) is 2.61. The minimum absolute atomic E-state index is 0.00528. The maximum absolute atomic E-state index is 12.4. The predicted molar refractivity (Wildman–Crippen MR) is 76.1 cm³/mol. The molecule has 0 aliphatic carbocycles. The highest BCUT2D eigenvalue weighted by molar-refractivity contribution is 7.21. The molecular weight excluding hydrogens is 242 g/mol. The summed E-state index contributed by atoms with van der Waals surface area (Å²) in [5.74, 6) is -0.00528. The Morgan fingerprint density at radius 2 is 1.61 bits per heavy atom. The fourth-order valence-corrected chi connectivity index (χ4v) is 3.04. The molecule has 1 aromatic heterocycles. The SMILES string of the molecule is Nc1c(C(=O)c2ccccc2)sc2ccccc12. The second kappa shape index (κ2) is 4.27. The highest BCUT2D eigenvalue weighted by Crippen LogP contribution is 2.34. The zero-order valence-electron chi connectivity index (χ0n) is 9.59. The molecule has 0 saturated heterocycles. The second-order valence-corrected chi connectivity index (χ2v) is 5.09. The van der Waals surface area contributed by atoms with Crippen LogP contribution in [0.4, 0.5) is 5.69 Å². The van der Waals surface area contributed by atoms with E-state index in [0.29, 0.717) is 16.1 Å². The van der Waals surface area contributed by atoms with Gasteiger partial charge in [-0.05, 0) is 6.07 Å². The summed E-state index contributed by atoms with van der Waals surface area (Å²) in [5.41, 5.74) is 7.33. The molecule has 2 nitrogen and oxygen atoms in total. The number of thiophene rings is 1. The molecule has 18 heavy (non-hydrogen) atoms. The van der Waals surface area contributed by atoms with Gasteiger partial charge in [0.1, 0.15) is 0 Å². The molecule has 0 saturated carbocycles. The summed E-state index contributed by atoms with van der Waals surface area (Å²) < 4.78 is 1.05. The molecule has 0 radical (unpaired) electrons. The Bertz CT molecular complexity index is 716. The van der Waals surface area contributed by atoms with Crippen molar-refractivity contribution in [2.45, 2.75) is 0 Å². The lowest BCUT2D eigenvalue weighted by atomic mass is 10.1. The van der Waals surface area contributed by atoms with Crippen molar-refractivity contribution in [1.82, 2.24) is 0 Å². The molecule has 0 spiro atoms. The van der Waals surface area contributed by atoms with Crippen LogP contribution in [0.1, 0.15) is 15.2 Å². The second-order valence-electron chi connectivity index (χ2n) is 4.04. The third kappa shape index (κ3) is 1.69. The van der Waals surface area contributed by atoms with Gasteiger partial charge in [-0.2, -0.15) is 0 Å². The van der Waals surface area contributed by atoms with Gasteiger partial charge in [0.15, 0.2) is 0 Å². The number of fused-ring (bicyclic) bond motifs is 1. The topological polar surface area (TPSA) is 43.1 Å². The van der Waals surface area contributed by atoms with Gasteiger partial charge in [-0.15, -0.1) is 11.3 Å². The summed E-state index contributed by atoms with van der Waals surface area (Å²) >= 11 is 1.45. The van der Waals surface area contributed by atoms with Gasteiger partial charge < -0.3 is 5.73 Å². The van der Waals surface area contributed by atoms with Gasteiger partial charge in [0, 0.05) is 15.6 Å². The van der Waals surface area contributed by atoms with Crippen molar-refractivity contribution in [3.63, 3.8) is 0 Å².